The van der Waals surface area contributed by atoms with Gasteiger partial charge in [0.15, 0.2) is 5.75 Å². The molecular formula is C25H25FN2O4. The lowest BCUT2D eigenvalue weighted by Gasteiger charge is -2.21. The van der Waals surface area contributed by atoms with E-state index in [1.165, 1.54) is 25.3 Å². The quantitative estimate of drug-likeness (QED) is 0.435. The van der Waals surface area contributed by atoms with Gasteiger partial charge in [0.2, 0.25) is 5.91 Å². The average Bonchev–Trinajstić information content (AvgIpc) is 2.82. The molecule has 2 aromatic carbocycles. The molecule has 1 aliphatic rings. The molecule has 1 fully saturated rings. The SMILES string of the molecule is COC(=O)c1cc(NC(=O)C2CCCCC2)c2cc(Cc3ccc(F)cc3)cnc2c1O. The van der Waals surface area contributed by atoms with E-state index in [-0.39, 0.29) is 34.5 Å². The predicted octanol–water partition coefficient (Wildman–Crippen LogP) is 4.98. The van der Waals surface area contributed by atoms with Crippen LogP contribution in [0.15, 0.2) is 42.6 Å². The first kappa shape index (κ1) is 21.7. The van der Waals surface area contributed by atoms with Crippen molar-refractivity contribution < 1.29 is 23.8 Å². The Labute approximate surface area is 185 Å². The Bertz CT molecular complexity index is 1150. The summed E-state index contributed by atoms with van der Waals surface area (Å²) in [6.45, 7) is 0. The lowest BCUT2D eigenvalue weighted by atomic mass is 9.88. The number of methoxy groups -OCH3 is 1. The van der Waals surface area contributed by atoms with E-state index in [0.29, 0.717) is 17.5 Å². The maximum Gasteiger partial charge on any atom is 0.341 e. The van der Waals surface area contributed by atoms with Gasteiger partial charge in [-0.2, -0.15) is 0 Å². The number of pyridine rings is 1. The number of rotatable bonds is 5. The number of ether oxygens (including phenoxy) is 1. The summed E-state index contributed by atoms with van der Waals surface area (Å²) >= 11 is 0. The molecule has 32 heavy (non-hydrogen) atoms. The van der Waals surface area contributed by atoms with E-state index in [1.807, 2.05) is 6.07 Å². The second-order valence-corrected chi connectivity index (χ2v) is 8.18. The molecule has 0 spiro atoms. The normalized spacial score (nSPS) is 14.3. The number of carbonyl (C=O) groups is 2. The number of esters is 1. The zero-order valence-electron chi connectivity index (χ0n) is 17.9. The minimum absolute atomic E-state index is 0.0577. The molecule has 6 nitrogen and oxygen atoms in total. The molecule has 3 aromatic rings. The third-order valence-corrected chi connectivity index (χ3v) is 5.96. The van der Waals surface area contributed by atoms with Gasteiger partial charge in [-0.3, -0.25) is 9.78 Å². The lowest BCUT2D eigenvalue weighted by Crippen LogP contribution is -2.25. The van der Waals surface area contributed by atoms with Gasteiger partial charge < -0.3 is 15.2 Å². The Morgan fingerprint density at radius 3 is 2.53 bits per heavy atom. The lowest BCUT2D eigenvalue weighted by molar-refractivity contribution is -0.120. The molecule has 1 aromatic heterocycles. The van der Waals surface area contributed by atoms with Crippen molar-refractivity contribution in [1.29, 1.82) is 0 Å². The van der Waals surface area contributed by atoms with Crippen molar-refractivity contribution >= 4 is 28.5 Å². The van der Waals surface area contributed by atoms with E-state index in [1.54, 1.807) is 18.3 Å². The maximum atomic E-state index is 13.2. The summed E-state index contributed by atoms with van der Waals surface area (Å²) < 4.78 is 18.0. The molecule has 7 heteroatoms. The summed E-state index contributed by atoms with van der Waals surface area (Å²) in [4.78, 5) is 29.5. The highest BCUT2D eigenvalue weighted by molar-refractivity contribution is 6.09. The van der Waals surface area contributed by atoms with Crippen molar-refractivity contribution in [3.05, 3.63) is 65.1 Å². The Morgan fingerprint density at radius 2 is 1.84 bits per heavy atom. The molecule has 0 radical (unpaired) electrons. The van der Waals surface area contributed by atoms with Crippen LogP contribution in [0.3, 0.4) is 0 Å². The van der Waals surface area contributed by atoms with E-state index >= 15 is 0 Å². The first-order valence-electron chi connectivity index (χ1n) is 10.7. The molecular weight excluding hydrogens is 411 g/mol. The van der Waals surface area contributed by atoms with Crippen LogP contribution in [0.5, 0.6) is 5.75 Å². The molecule has 0 unspecified atom stereocenters. The predicted molar refractivity (Wildman–Crippen MR) is 119 cm³/mol. The monoisotopic (exact) mass is 436 g/mol. The van der Waals surface area contributed by atoms with Crippen LogP contribution in [0.2, 0.25) is 0 Å². The number of amides is 1. The average molecular weight is 436 g/mol. The summed E-state index contributed by atoms with van der Waals surface area (Å²) in [5, 5.41) is 14.1. The van der Waals surface area contributed by atoms with Gasteiger partial charge in [0.25, 0.3) is 0 Å². The van der Waals surface area contributed by atoms with E-state index in [4.69, 9.17) is 4.74 Å². The third kappa shape index (κ3) is 4.56. The van der Waals surface area contributed by atoms with E-state index in [2.05, 4.69) is 10.3 Å². The van der Waals surface area contributed by atoms with Crippen LogP contribution in [-0.4, -0.2) is 29.1 Å². The fraction of sp³-hybridized carbons (Fsp3) is 0.320. The molecule has 2 N–H and O–H groups in total. The van der Waals surface area contributed by atoms with Crippen LogP contribution in [0.1, 0.15) is 53.6 Å². The van der Waals surface area contributed by atoms with Crippen LogP contribution < -0.4 is 5.32 Å². The summed E-state index contributed by atoms with van der Waals surface area (Å²) in [7, 11) is 1.23. The molecule has 166 valence electrons. The standard InChI is InChI=1S/C25H25FN2O4/c1-32-25(31)20-13-21(28-24(30)17-5-3-2-4-6-17)19-12-16(14-27-22(19)23(20)29)11-15-7-9-18(26)10-8-15/h7-10,12-14,17,29H,2-6,11H2,1H3,(H,28,30). The number of hydrogen-bond donors (Lipinski definition) is 2. The first-order chi connectivity index (χ1) is 15.5. The molecule has 0 aliphatic heterocycles. The summed E-state index contributed by atoms with van der Waals surface area (Å²) in [5.74, 6) is -1.50. The Hall–Kier alpha value is -3.48. The first-order valence-corrected chi connectivity index (χ1v) is 10.7. The smallest absolute Gasteiger partial charge is 0.341 e. The minimum Gasteiger partial charge on any atom is -0.505 e. The number of phenolic OH excluding ortho intramolecular Hbond substituents is 1. The van der Waals surface area contributed by atoms with Crippen LogP contribution in [0.4, 0.5) is 10.1 Å². The van der Waals surface area contributed by atoms with Crippen molar-refractivity contribution in [2.45, 2.75) is 38.5 Å². The van der Waals surface area contributed by atoms with Gasteiger partial charge >= 0.3 is 5.97 Å². The summed E-state index contributed by atoms with van der Waals surface area (Å²) in [5.41, 5.74) is 2.27. The third-order valence-electron chi connectivity index (χ3n) is 5.96. The molecule has 1 saturated carbocycles. The number of carbonyl (C=O) groups excluding carboxylic acids is 2. The number of phenols is 1. The number of benzene rings is 2. The van der Waals surface area contributed by atoms with Crippen molar-refractivity contribution in [3.63, 3.8) is 0 Å². The highest BCUT2D eigenvalue weighted by Gasteiger charge is 2.24. The number of halogens is 1. The molecule has 0 atom stereocenters. The van der Waals surface area contributed by atoms with Gasteiger partial charge in [-0.05, 0) is 54.7 Å². The van der Waals surface area contributed by atoms with E-state index < -0.39 is 5.97 Å². The van der Waals surface area contributed by atoms with E-state index in [9.17, 15) is 19.1 Å². The molecule has 1 heterocycles. The summed E-state index contributed by atoms with van der Waals surface area (Å²) in [6, 6.07) is 9.45. The molecule has 1 aliphatic carbocycles. The minimum atomic E-state index is -0.713. The van der Waals surface area contributed by atoms with Crippen molar-refractivity contribution in [1.82, 2.24) is 4.98 Å². The van der Waals surface area contributed by atoms with Crippen molar-refractivity contribution in [2.24, 2.45) is 5.92 Å². The summed E-state index contributed by atoms with van der Waals surface area (Å²) in [6.07, 6.45) is 6.93. The van der Waals surface area contributed by atoms with Crippen molar-refractivity contribution in [2.75, 3.05) is 12.4 Å². The number of fused-ring (bicyclic) bond motifs is 1. The van der Waals surface area contributed by atoms with Gasteiger partial charge in [-0.1, -0.05) is 31.4 Å². The Morgan fingerprint density at radius 1 is 1.12 bits per heavy atom. The number of aromatic hydroxyl groups is 1. The van der Waals surface area contributed by atoms with Crippen LogP contribution in [0, 0.1) is 11.7 Å². The molecule has 0 saturated heterocycles. The molecule has 1 amide bonds. The van der Waals surface area contributed by atoms with Gasteiger partial charge in [-0.15, -0.1) is 0 Å². The van der Waals surface area contributed by atoms with Gasteiger partial charge in [0, 0.05) is 17.5 Å². The number of nitrogens with one attached hydrogen (secondary N) is 1. The van der Waals surface area contributed by atoms with Gasteiger partial charge in [0.05, 0.1) is 12.8 Å². The van der Waals surface area contributed by atoms with Crippen LogP contribution in [0.25, 0.3) is 10.9 Å². The van der Waals surface area contributed by atoms with Crippen LogP contribution >= 0.6 is 0 Å². The van der Waals surface area contributed by atoms with Crippen LogP contribution in [-0.2, 0) is 16.0 Å². The second kappa shape index (κ2) is 9.34. The Balaban J connectivity index is 1.74. The van der Waals surface area contributed by atoms with Gasteiger partial charge in [-0.25, -0.2) is 9.18 Å². The largest absolute Gasteiger partial charge is 0.505 e. The number of hydrogen-bond acceptors (Lipinski definition) is 5. The molecule has 4 rings (SSSR count). The zero-order valence-corrected chi connectivity index (χ0v) is 17.9. The molecule has 0 bridgehead atoms. The maximum absolute atomic E-state index is 13.2. The zero-order chi connectivity index (χ0) is 22.7. The second-order valence-electron chi connectivity index (χ2n) is 8.18. The van der Waals surface area contributed by atoms with Crippen molar-refractivity contribution in [3.8, 4) is 5.75 Å². The highest BCUT2D eigenvalue weighted by Crippen LogP contribution is 2.35. The highest BCUT2D eigenvalue weighted by atomic mass is 19.1. The van der Waals surface area contributed by atoms with Gasteiger partial charge in [0.1, 0.15) is 16.9 Å². The Kier molecular flexibility index (Phi) is 6.35. The van der Waals surface area contributed by atoms with E-state index in [0.717, 1.165) is 43.2 Å². The fourth-order valence-electron chi connectivity index (χ4n) is 4.22. The fourth-order valence-corrected chi connectivity index (χ4v) is 4.22. The number of anilines is 1. The number of aromatic nitrogens is 1. The topological polar surface area (TPSA) is 88.5 Å². The number of nitrogens with zero attached hydrogens (tertiary/aromatic N) is 1.